The first-order chi connectivity index (χ1) is 10.4. The molecule has 1 spiro atoms. The van der Waals surface area contributed by atoms with Gasteiger partial charge in [0, 0.05) is 33.5 Å². The van der Waals surface area contributed by atoms with Gasteiger partial charge in [0.05, 0.1) is 19.1 Å². The number of hydrogen-bond acceptors (Lipinski definition) is 5. The molecule has 0 aromatic carbocycles. The van der Waals surface area contributed by atoms with Gasteiger partial charge in [-0.25, -0.2) is 0 Å². The zero-order valence-corrected chi connectivity index (χ0v) is 12.9. The number of carbonyl (C=O) groups excluding carboxylic acids is 2. The lowest BCUT2D eigenvalue weighted by molar-refractivity contribution is -0.182. The molecule has 8 nitrogen and oxygen atoms in total. The van der Waals surface area contributed by atoms with Gasteiger partial charge in [-0.1, -0.05) is 0 Å². The highest BCUT2D eigenvalue weighted by Gasteiger charge is 2.61. The minimum absolute atomic E-state index is 0.0526. The van der Waals surface area contributed by atoms with Gasteiger partial charge in [-0.3, -0.25) is 14.4 Å². The Balaban J connectivity index is 0.000000396. The van der Waals surface area contributed by atoms with Crippen LogP contribution in [0.4, 0.5) is 0 Å². The lowest BCUT2D eigenvalue weighted by atomic mass is 10.0. The average molecular weight is 314 g/mol. The quantitative estimate of drug-likeness (QED) is 0.750. The van der Waals surface area contributed by atoms with Crippen molar-refractivity contribution in [3.63, 3.8) is 0 Å². The van der Waals surface area contributed by atoms with Crippen LogP contribution >= 0.6 is 0 Å². The molecule has 22 heavy (non-hydrogen) atoms. The Hall–Kier alpha value is -1.67. The smallest absolute Gasteiger partial charge is 0.300 e. The minimum Gasteiger partial charge on any atom is -0.481 e. The number of carboxylic acid groups (broad SMARTS) is 1. The van der Waals surface area contributed by atoms with Crippen LogP contribution in [0.15, 0.2) is 0 Å². The van der Waals surface area contributed by atoms with E-state index in [1.165, 1.54) is 7.11 Å². The molecule has 2 atom stereocenters. The summed E-state index contributed by atoms with van der Waals surface area (Å²) in [6, 6.07) is -0.132. The Bertz CT molecular complexity index is 464. The van der Waals surface area contributed by atoms with Crippen molar-refractivity contribution >= 4 is 17.8 Å². The summed E-state index contributed by atoms with van der Waals surface area (Å²) in [6.07, 6.45) is 1.99. The van der Waals surface area contributed by atoms with Crippen molar-refractivity contribution in [1.29, 1.82) is 0 Å². The number of rotatable bonds is 2. The SMILES string of the molecule is CC(=O)O.COCC(=O)N1CC[C@@]23OCCCN2C(=O)C[C@@H]13. The third-order valence-corrected chi connectivity index (χ3v) is 4.20. The van der Waals surface area contributed by atoms with E-state index in [1.807, 2.05) is 4.90 Å². The van der Waals surface area contributed by atoms with Gasteiger partial charge in [-0.15, -0.1) is 0 Å². The maximum absolute atomic E-state index is 12.0. The number of aliphatic carboxylic acids is 1. The molecule has 0 bridgehead atoms. The van der Waals surface area contributed by atoms with Gasteiger partial charge >= 0.3 is 0 Å². The molecule has 1 N–H and O–H groups in total. The molecule has 0 saturated carbocycles. The molecule has 0 unspecified atom stereocenters. The van der Waals surface area contributed by atoms with Crippen LogP contribution in [-0.4, -0.2) is 77.9 Å². The van der Waals surface area contributed by atoms with Crippen LogP contribution in [0.5, 0.6) is 0 Å². The van der Waals surface area contributed by atoms with Crippen LogP contribution in [0, 0.1) is 0 Å². The van der Waals surface area contributed by atoms with Gasteiger partial charge in [-0.05, 0) is 6.42 Å². The van der Waals surface area contributed by atoms with Gasteiger partial charge in [0.25, 0.3) is 5.97 Å². The van der Waals surface area contributed by atoms with E-state index in [-0.39, 0.29) is 24.5 Å². The normalized spacial score (nSPS) is 29.5. The molecule has 0 radical (unpaired) electrons. The van der Waals surface area contributed by atoms with E-state index in [0.29, 0.717) is 19.6 Å². The van der Waals surface area contributed by atoms with Crippen LogP contribution in [0.25, 0.3) is 0 Å². The van der Waals surface area contributed by atoms with Crippen LogP contribution in [0.1, 0.15) is 26.2 Å². The fraction of sp³-hybridized carbons (Fsp3) is 0.786. The Kier molecular flexibility index (Phi) is 5.02. The summed E-state index contributed by atoms with van der Waals surface area (Å²) in [4.78, 5) is 36.6. The molecular weight excluding hydrogens is 292 g/mol. The Morgan fingerprint density at radius 1 is 1.45 bits per heavy atom. The van der Waals surface area contributed by atoms with Gasteiger partial charge in [-0.2, -0.15) is 0 Å². The number of methoxy groups -OCH3 is 1. The van der Waals surface area contributed by atoms with E-state index in [1.54, 1.807) is 4.90 Å². The summed E-state index contributed by atoms with van der Waals surface area (Å²) in [5.74, 6) is -0.780. The van der Waals surface area contributed by atoms with Crippen molar-refractivity contribution in [2.75, 3.05) is 33.4 Å². The predicted molar refractivity (Wildman–Crippen MR) is 74.9 cm³/mol. The summed E-state index contributed by atoms with van der Waals surface area (Å²) >= 11 is 0. The van der Waals surface area contributed by atoms with Crippen LogP contribution < -0.4 is 0 Å². The summed E-state index contributed by atoms with van der Waals surface area (Å²) in [5, 5.41) is 7.42. The number of likely N-dealkylation sites (tertiary alicyclic amines) is 1. The van der Waals surface area contributed by atoms with Gasteiger partial charge < -0.3 is 24.4 Å². The molecule has 3 aliphatic rings. The molecule has 3 rings (SSSR count). The van der Waals surface area contributed by atoms with E-state index in [2.05, 4.69) is 0 Å². The summed E-state index contributed by atoms with van der Waals surface area (Å²) in [5.41, 5.74) is -0.543. The van der Waals surface area contributed by atoms with E-state index in [4.69, 9.17) is 19.4 Å². The minimum atomic E-state index is -0.833. The number of carbonyl (C=O) groups is 3. The van der Waals surface area contributed by atoms with Crippen molar-refractivity contribution in [1.82, 2.24) is 9.80 Å². The van der Waals surface area contributed by atoms with Gasteiger partial charge in [0.2, 0.25) is 11.8 Å². The molecule has 0 aromatic rings. The standard InChI is InChI=1S/C12H18N2O4.C2H4O2/c1-17-8-11(16)13-5-3-12-9(13)7-10(15)14(12)4-2-6-18-12;1-2(3)4/h9H,2-8H2,1H3;1H3,(H,3,4)/t9-,12+;/m1./s1. The summed E-state index contributed by atoms with van der Waals surface area (Å²) in [7, 11) is 1.51. The van der Waals surface area contributed by atoms with Crippen LogP contribution in [0.3, 0.4) is 0 Å². The first-order valence-electron chi connectivity index (χ1n) is 7.34. The second-order valence-electron chi connectivity index (χ2n) is 5.60. The fourth-order valence-corrected chi connectivity index (χ4v) is 3.45. The maximum atomic E-state index is 12.0. The Labute approximate surface area is 128 Å². The second kappa shape index (κ2) is 6.62. The highest BCUT2D eigenvalue weighted by Crippen LogP contribution is 2.44. The third kappa shape index (κ3) is 2.93. The second-order valence-corrected chi connectivity index (χ2v) is 5.60. The molecule has 8 heteroatoms. The average Bonchev–Trinajstić information content (AvgIpc) is 2.91. The van der Waals surface area contributed by atoms with Crippen molar-refractivity contribution in [2.24, 2.45) is 0 Å². The predicted octanol–water partition coefficient (Wildman–Crippen LogP) is -0.326. The Morgan fingerprint density at radius 2 is 2.14 bits per heavy atom. The maximum Gasteiger partial charge on any atom is 0.300 e. The third-order valence-electron chi connectivity index (χ3n) is 4.20. The highest BCUT2D eigenvalue weighted by atomic mass is 16.5. The van der Waals surface area contributed by atoms with Crippen molar-refractivity contribution in [3.05, 3.63) is 0 Å². The monoisotopic (exact) mass is 314 g/mol. The fourth-order valence-electron chi connectivity index (χ4n) is 3.45. The topological polar surface area (TPSA) is 96.4 Å². The van der Waals surface area contributed by atoms with E-state index >= 15 is 0 Å². The van der Waals surface area contributed by atoms with Gasteiger partial charge in [0.15, 0.2) is 5.72 Å². The molecule has 124 valence electrons. The van der Waals surface area contributed by atoms with Crippen molar-refractivity contribution < 1.29 is 29.0 Å². The number of nitrogens with zero attached hydrogens (tertiary/aromatic N) is 2. The molecule has 3 fully saturated rings. The number of amides is 2. The van der Waals surface area contributed by atoms with Crippen LogP contribution in [0.2, 0.25) is 0 Å². The molecule has 0 aliphatic carbocycles. The lowest BCUT2D eigenvalue weighted by Crippen LogP contribution is -2.56. The molecule has 3 aliphatic heterocycles. The number of hydrogen-bond donors (Lipinski definition) is 1. The molecule has 3 heterocycles. The van der Waals surface area contributed by atoms with Gasteiger partial charge in [0.1, 0.15) is 6.61 Å². The highest BCUT2D eigenvalue weighted by molar-refractivity contribution is 5.84. The zero-order chi connectivity index (χ0) is 16.3. The molecule has 2 amide bonds. The lowest BCUT2D eigenvalue weighted by Gasteiger charge is -2.42. The first kappa shape index (κ1) is 16.7. The van der Waals surface area contributed by atoms with E-state index in [9.17, 15) is 9.59 Å². The Morgan fingerprint density at radius 3 is 2.77 bits per heavy atom. The van der Waals surface area contributed by atoms with Crippen molar-refractivity contribution in [2.45, 2.75) is 38.0 Å². The molecule has 3 saturated heterocycles. The first-order valence-corrected chi connectivity index (χ1v) is 7.34. The number of ether oxygens (including phenoxy) is 2. The zero-order valence-electron chi connectivity index (χ0n) is 12.9. The largest absolute Gasteiger partial charge is 0.481 e. The van der Waals surface area contributed by atoms with E-state index < -0.39 is 11.7 Å². The van der Waals surface area contributed by atoms with E-state index in [0.717, 1.165) is 26.3 Å². The molecule has 0 aromatic heterocycles. The molecular formula is C14H22N2O6. The van der Waals surface area contributed by atoms with Crippen LogP contribution in [-0.2, 0) is 23.9 Å². The summed E-state index contributed by atoms with van der Waals surface area (Å²) < 4.78 is 10.8. The van der Waals surface area contributed by atoms with Crippen molar-refractivity contribution in [3.8, 4) is 0 Å². The summed E-state index contributed by atoms with van der Waals surface area (Å²) in [6.45, 7) is 3.23. The number of carboxylic acids is 1.